The maximum atomic E-state index is 9.40. The second kappa shape index (κ2) is 6.43. The molecule has 1 aliphatic heterocycles. The first-order valence-corrected chi connectivity index (χ1v) is 5.85. The van der Waals surface area contributed by atoms with Crippen LogP contribution in [0.5, 0.6) is 0 Å². The lowest BCUT2D eigenvalue weighted by atomic mass is 10.3. The molecule has 1 aliphatic rings. The molecule has 0 aromatic heterocycles. The Hall–Kier alpha value is -0.160. The van der Waals surface area contributed by atoms with Crippen molar-refractivity contribution < 1.29 is 5.11 Å². The fourth-order valence-electron chi connectivity index (χ4n) is 1.86. The Morgan fingerprint density at radius 2 is 1.33 bits per heavy atom. The van der Waals surface area contributed by atoms with Crippen molar-refractivity contribution >= 4 is 0 Å². The molecule has 0 amide bonds. The van der Waals surface area contributed by atoms with Crippen LogP contribution in [0, 0.1) is 0 Å². The summed E-state index contributed by atoms with van der Waals surface area (Å²) in [5.74, 6) is 0. The van der Waals surface area contributed by atoms with Crippen molar-refractivity contribution in [3.63, 3.8) is 0 Å². The van der Waals surface area contributed by atoms with E-state index in [2.05, 4.69) is 28.8 Å². The fraction of sp³-hybridized carbons (Fsp3) is 1.00. The minimum Gasteiger partial charge on any atom is -0.392 e. The molecule has 0 aromatic rings. The summed E-state index contributed by atoms with van der Waals surface area (Å²) >= 11 is 0. The van der Waals surface area contributed by atoms with Crippen molar-refractivity contribution in [2.45, 2.75) is 13.0 Å². The van der Waals surface area contributed by atoms with Gasteiger partial charge in [0.25, 0.3) is 0 Å². The van der Waals surface area contributed by atoms with Crippen LogP contribution in [0.1, 0.15) is 6.92 Å². The van der Waals surface area contributed by atoms with E-state index in [4.69, 9.17) is 0 Å². The third kappa shape index (κ3) is 5.47. The predicted octanol–water partition coefficient (Wildman–Crippen LogP) is -0.454. The van der Waals surface area contributed by atoms with Crippen molar-refractivity contribution in [3.05, 3.63) is 0 Å². The van der Waals surface area contributed by atoms with E-state index in [0.717, 1.165) is 45.8 Å². The van der Waals surface area contributed by atoms with Crippen molar-refractivity contribution in [1.29, 1.82) is 0 Å². The molecule has 90 valence electrons. The lowest BCUT2D eigenvalue weighted by Crippen LogP contribution is -2.38. The van der Waals surface area contributed by atoms with Gasteiger partial charge in [0, 0.05) is 45.8 Å². The van der Waals surface area contributed by atoms with Gasteiger partial charge in [0.05, 0.1) is 6.10 Å². The minimum absolute atomic E-state index is 0.221. The molecule has 15 heavy (non-hydrogen) atoms. The van der Waals surface area contributed by atoms with E-state index in [1.165, 1.54) is 0 Å². The van der Waals surface area contributed by atoms with Crippen LogP contribution in [0.25, 0.3) is 0 Å². The zero-order valence-electron chi connectivity index (χ0n) is 10.3. The smallest absolute Gasteiger partial charge is 0.0639 e. The average molecular weight is 215 g/mol. The summed E-state index contributed by atoms with van der Waals surface area (Å²) in [6, 6.07) is 0. The molecule has 0 aliphatic carbocycles. The number of β-amino-alcohol motifs (C(OH)–C–C–N with tert-alkyl or cyclic N) is 1. The molecule has 1 saturated heterocycles. The van der Waals surface area contributed by atoms with Gasteiger partial charge in [0.1, 0.15) is 0 Å². The van der Waals surface area contributed by atoms with Gasteiger partial charge in [-0.3, -0.25) is 4.90 Å². The maximum absolute atomic E-state index is 9.40. The summed E-state index contributed by atoms with van der Waals surface area (Å²) in [7, 11) is 4.33. The van der Waals surface area contributed by atoms with E-state index in [9.17, 15) is 5.11 Å². The molecule has 1 heterocycles. The quantitative estimate of drug-likeness (QED) is 0.675. The topological polar surface area (TPSA) is 30.0 Å². The summed E-state index contributed by atoms with van der Waals surface area (Å²) in [6.45, 7) is 9.26. The number of hydrogen-bond acceptors (Lipinski definition) is 4. The monoisotopic (exact) mass is 215 g/mol. The second-order valence-electron chi connectivity index (χ2n) is 4.76. The van der Waals surface area contributed by atoms with Gasteiger partial charge in [-0.05, 0) is 21.0 Å². The van der Waals surface area contributed by atoms with Gasteiger partial charge in [-0.25, -0.2) is 0 Å². The average Bonchev–Trinajstić information content (AvgIpc) is 2.23. The fourth-order valence-corrected chi connectivity index (χ4v) is 1.86. The molecular weight excluding hydrogens is 190 g/mol. The molecule has 1 fully saturated rings. The zero-order valence-corrected chi connectivity index (χ0v) is 10.3. The van der Waals surface area contributed by atoms with Crippen molar-refractivity contribution in [2.24, 2.45) is 0 Å². The van der Waals surface area contributed by atoms with Crippen molar-refractivity contribution in [3.8, 4) is 0 Å². The molecule has 1 rings (SSSR count). The van der Waals surface area contributed by atoms with Crippen LogP contribution in [-0.4, -0.2) is 85.8 Å². The Kier molecular flexibility index (Phi) is 5.53. The molecule has 4 heteroatoms. The van der Waals surface area contributed by atoms with Crippen LogP contribution in [0.3, 0.4) is 0 Å². The van der Waals surface area contributed by atoms with Gasteiger partial charge < -0.3 is 14.9 Å². The summed E-state index contributed by atoms with van der Waals surface area (Å²) in [5.41, 5.74) is 0. The first-order valence-electron chi connectivity index (χ1n) is 5.85. The summed E-state index contributed by atoms with van der Waals surface area (Å²) in [4.78, 5) is 7.07. The Labute approximate surface area is 93.5 Å². The molecule has 1 N–H and O–H groups in total. The largest absolute Gasteiger partial charge is 0.392 e. The van der Waals surface area contributed by atoms with Crippen LogP contribution in [0.4, 0.5) is 0 Å². The van der Waals surface area contributed by atoms with E-state index in [0.29, 0.717) is 0 Å². The van der Waals surface area contributed by atoms with Crippen LogP contribution in [0.2, 0.25) is 0 Å². The number of aliphatic hydroxyl groups is 1. The van der Waals surface area contributed by atoms with Gasteiger partial charge in [-0.1, -0.05) is 0 Å². The first kappa shape index (κ1) is 12.9. The molecule has 0 radical (unpaired) electrons. The van der Waals surface area contributed by atoms with Crippen LogP contribution in [0.15, 0.2) is 0 Å². The van der Waals surface area contributed by atoms with Gasteiger partial charge in [-0.2, -0.15) is 0 Å². The van der Waals surface area contributed by atoms with Crippen molar-refractivity contribution in [1.82, 2.24) is 14.7 Å². The molecule has 1 atom stereocenters. The highest BCUT2D eigenvalue weighted by Gasteiger charge is 2.13. The Morgan fingerprint density at radius 1 is 0.933 bits per heavy atom. The highest BCUT2D eigenvalue weighted by molar-refractivity contribution is 4.69. The van der Waals surface area contributed by atoms with E-state index < -0.39 is 0 Å². The van der Waals surface area contributed by atoms with Gasteiger partial charge in [-0.15, -0.1) is 0 Å². The Morgan fingerprint density at radius 3 is 1.73 bits per heavy atom. The van der Waals surface area contributed by atoms with Crippen LogP contribution in [-0.2, 0) is 0 Å². The number of aliphatic hydroxyl groups excluding tert-OH is 1. The lowest BCUT2D eigenvalue weighted by molar-refractivity contribution is 0.119. The van der Waals surface area contributed by atoms with E-state index in [-0.39, 0.29) is 6.10 Å². The predicted molar refractivity (Wildman–Crippen MR) is 63.1 cm³/mol. The van der Waals surface area contributed by atoms with Crippen molar-refractivity contribution in [2.75, 3.05) is 59.9 Å². The SMILES string of the molecule is C[C@@H](O)CN1CCN(C)CCN(C)CC1. The summed E-state index contributed by atoms with van der Waals surface area (Å²) < 4.78 is 0. The Bertz CT molecular complexity index is 161. The number of nitrogens with zero attached hydrogens (tertiary/aromatic N) is 3. The van der Waals surface area contributed by atoms with Crippen LogP contribution >= 0.6 is 0 Å². The summed E-state index contributed by atoms with van der Waals surface area (Å²) in [6.07, 6.45) is -0.221. The third-order valence-corrected chi connectivity index (χ3v) is 2.98. The Balaban J connectivity index is 2.42. The third-order valence-electron chi connectivity index (χ3n) is 2.98. The van der Waals surface area contributed by atoms with Crippen LogP contribution < -0.4 is 0 Å². The molecular formula is C11H25N3O. The zero-order chi connectivity index (χ0) is 11.3. The first-order chi connectivity index (χ1) is 7.08. The molecule has 0 aromatic carbocycles. The van der Waals surface area contributed by atoms with Gasteiger partial charge >= 0.3 is 0 Å². The summed E-state index contributed by atoms with van der Waals surface area (Å²) in [5, 5.41) is 9.40. The van der Waals surface area contributed by atoms with E-state index in [1.807, 2.05) is 6.92 Å². The number of rotatable bonds is 2. The number of hydrogen-bond donors (Lipinski definition) is 1. The highest BCUT2D eigenvalue weighted by atomic mass is 16.3. The molecule has 0 saturated carbocycles. The normalized spacial score (nSPS) is 25.6. The molecule has 0 unspecified atom stereocenters. The second-order valence-corrected chi connectivity index (χ2v) is 4.76. The molecule has 4 nitrogen and oxygen atoms in total. The minimum atomic E-state index is -0.221. The highest BCUT2D eigenvalue weighted by Crippen LogP contribution is 1.98. The lowest BCUT2D eigenvalue weighted by Gasteiger charge is -2.25. The molecule has 0 bridgehead atoms. The maximum Gasteiger partial charge on any atom is 0.0639 e. The van der Waals surface area contributed by atoms with Gasteiger partial charge in [0.2, 0.25) is 0 Å². The van der Waals surface area contributed by atoms with E-state index in [1.54, 1.807) is 0 Å². The van der Waals surface area contributed by atoms with E-state index >= 15 is 0 Å². The molecule has 0 spiro atoms. The number of likely N-dealkylation sites (N-methyl/N-ethyl adjacent to an activating group) is 2. The van der Waals surface area contributed by atoms with Gasteiger partial charge in [0.15, 0.2) is 0 Å². The standard InChI is InChI=1S/C11H25N3O/c1-11(15)10-14-8-6-12(2)4-5-13(3)7-9-14/h11,15H,4-10H2,1-3H3/t11-/m1/s1.